The molecule has 0 saturated carbocycles. The summed E-state index contributed by atoms with van der Waals surface area (Å²) in [7, 11) is 1.23. The second kappa shape index (κ2) is 4.40. The first kappa shape index (κ1) is 12.0. The number of carbonyl (C=O) groups excluding carboxylic acids is 1. The van der Waals surface area contributed by atoms with Crippen molar-refractivity contribution in [2.75, 3.05) is 7.11 Å². The molecule has 0 atom stereocenters. The normalized spacial score (nSPS) is 11.1. The number of nitrogens with zero attached hydrogens (tertiary/aromatic N) is 2. The Hall–Kier alpha value is -1.50. The van der Waals surface area contributed by atoms with Crippen LogP contribution in [0, 0.1) is 0 Å². The van der Waals surface area contributed by atoms with Gasteiger partial charge in [-0.15, -0.1) is 0 Å². The topological polar surface area (TPSA) is 43.6 Å². The van der Waals surface area contributed by atoms with Gasteiger partial charge in [0.05, 0.1) is 34.4 Å². The van der Waals surface area contributed by atoms with Crippen molar-refractivity contribution in [3.05, 3.63) is 34.1 Å². The van der Waals surface area contributed by atoms with Crippen molar-refractivity contribution in [3.8, 4) is 0 Å². The molecule has 0 saturated heterocycles. The number of hydrogen-bond donors (Lipinski definition) is 0. The van der Waals surface area contributed by atoms with Gasteiger partial charge >= 0.3 is 5.97 Å². The number of alkyl halides is 2. The molecule has 2 aromatic heterocycles. The lowest BCUT2D eigenvalue weighted by Crippen LogP contribution is -2.04. The summed E-state index contributed by atoms with van der Waals surface area (Å²) < 4.78 is 31.6. The largest absolute Gasteiger partial charge is 0.465 e. The van der Waals surface area contributed by atoms with Crippen LogP contribution < -0.4 is 0 Å². The first-order valence-corrected chi connectivity index (χ1v) is 5.37. The maximum atomic E-state index is 12.7. The van der Waals surface area contributed by atoms with E-state index in [0.717, 1.165) is 6.20 Å². The number of halogens is 3. The molecule has 0 aliphatic carbocycles. The Labute approximate surface area is 103 Å². The molecule has 2 rings (SSSR count). The summed E-state index contributed by atoms with van der Waals surface area (Å²) in [6.45, 7) is 0. The van der Waals surface area contributed by atoms with Gasteiger partial charge in [0.1, 0.15) is 0 Å². The molecule has 0 aromatic carbocycles. The van der Waals surface area contributed by atoms with Crippen LogP contribution in [0.4, 0.5) is 8.78 Å². The van der Waals surface area contributed by atoms with Gasteiger partial charge in [0.25, 0.3) is 6.43 Å². The van der Waals surface area contributed by atoms with Crippen LogP contribution in [0.3, 0.4) is 0 Å². The van der Waals surface area contributed by atoms with Gasteiger partial charge in [-0.2, -0.15) is 5.10 Å². The molecular weight excluding hydrogens is 298 g/mol. The molecule has 0 aliphatic heterocycles. The molecule has 90 valence electrons. The number of aromatic nitrogens is 2. The molecule has 0 bridgehead atoms. The van der Waals surface area contributed by atoms with E-state index in [9.17, 15) is 13.6 Å². The molecule has 0 N–H and O–H groups in total. The fourth-order valence-electron chi connectivity index (χ4n) is 1.49. The molecule has 0 radical (unpaired) electrons. The molecule has 0 fully saturated rings. The molecule has 17 heavy (non-hydrogen) atoms. The minimum Gasteiger partial charge on any atom is -0.465 e. The van der Waals surface area contributed by atoms with Crippen LogP contribution in [0.25, 0.3) is 5.52 Å². The van der Waals surface area contributed by atoms with Gasteiger partial charge in [-0.3, -0.25) is 0 Å². The van der Waals surface area contributed by atoms with Crippen molar-refractivity contribution in [1.29, 1.82) is 0 Å². The zero-order valence-corrected chi connectivity index (χ0v) is 10.2. The number of rotatable bonds is 2. The summed E-state index contributed by atoms with van der Waals surface area (Å²) in [5, 5.41) is 3.78. The number of hydrogen-bond acceptors (Lipinski definition) is 3. The highest BCUT2D eigenvalue weighted by atomic mass is 79.9. The summed E-state index contributed by atoms with van der Waals surface area (Å²) >= 11 is 3.13. The Balaban J connectivity index is 2.72. The number of fused-ring (bicyclic) bond motifs is 1. The van der Waals surface area contributed by atoms with E-state index in [2.05, 4.69) is 25.8 Å². The predicted octanol–water partition coefficient (Wildman–Crippen LogP) is 2.82. The lowest BCUT2D eigenvalue weighted by Gasteiger charge is -2.05. The van der Waals surface area contributed by atoms with Crippen molar-refractivity contribution in [3.63, 3.8) is 0 Å². The average molecular weight is 305 g/mol. The molecule has 0 amide bonds. The molecule has 0 spiro atoms. The Morgan fingerprint density at radius 1 is 1.59 bits per heavy atom. The number of carbonyl (C=O) groups is 1. The zero-order chi connectivity index (χ0) is 12.6. The van der Waals surface area contributed by atoms with E-state index in [1.54, 1.807) is 0 Å². The second-order valence-corrected chi connectivity index (χ2v) is 4.02. The third-order valence-electron chi connectivity index (χ3n) is 2.29. The van der Waals surface area contributed by atoms with Crippen LogP contribution in [-0.2, 0) is 4.74 Å². The maximum Gasteiger partial charge on any atom is 0.339 e. The number of esters is 1. The third kappa shape index (κ3) is 1.90. The van der Waals surface area contributed by atoms with E-state index in [-0.39, 0.29) is 21.1 Å². The van der Waals surface area contributed by atoms with Crippen LogP contribution >= 0.6 is 15.9 Å². The van der Waals surface area contributed by atoms with E-state index in [4.69, 9.17) is 0 Å². The Kier molecular flexibility index (Phi) is 3.10. The van der Waals surface area contributed by atoms with Crippen molar-refractivity contribution in [1.82, 2.24) is 9.61 Å². The van der Waals surface area contributed by atoms with E-state index in [1.165, 1.54) is 23.9 Å². The lowest BCUT2D eigenvalue weighted by molar-refractivity contribution is 0.0599. The van der Waals surface area contributed by atoms with Gasteiger partial charge in [-0.1, -0.05) is 0 Å². The van der Waals surface area contributed by atoms with Crippen LogP contribution in [0.2, 0.25) is 0 Å². The first-order chi connectivity index (χ1) is 8.06. The molecule has 4 nitrogen and oxygen atoms in total. The standard InChI is InChI=1S/C10H7BrF2N2O2/c1-17-10(16)5-2-3-15-8(7(5)11)6(4-14-15)9(12)13/h2-4,9H,1H3. The highest BCUT2D eigenvalue weighted by molar-refractivity contribution is 9.10. The van der Waals surface area contributed by atoms with Crippen molar-refractivity contribution < 1.29 is 18.3 Å². The molecular formula is C10H7BrF2N2O2. The van der Waals surface area contributed by atoms with E-state index in [0.29, 0.717) is 0 Å². The quantitative estimate of drug-likeness (QED) is 0.801. The molecule has 2 aromatic rings. The fourth-order valence-corrected chi connectivity index (χ4v) is 2.19. The van der Waals surface area contributed by atoms with Crippen molar-refractivity contribution in [2.24, 2.45) is 0 Å². The van der Waals surface area contributed by atoms with E-state index in [1.807, 2.05) is 0 Å². The maximum absolute atomic E-state index is 12.7. The SMILES string of the molecule is COC(=O)c1ccn2ncc(C(F)F)c2c1Br. The lowest BCUT2D eigenvalue weighted by atomic mass is 10.2. The van der Waals surface area contributed by atoms with Crippen molar-refractivity contribution in [2.45, 2.75) is 6.43 Å². The van der Waals surface area contributed by atoms with E-state index < -0.39 is 12.4 Å². The third-order valence-corrected chi connectivity index (χ3v) is 3.09. The van der Waals surface area contributed by atoms with Crippen molar-refractivity contribution >= 4 is 27.4 Å². The zero-order valence-electron chi connectivity index (χ0n) is 8.65. The number of ether oxygens (including phenoxy) is 1. The van der Waals surface area contributed by atoms with Gasteiger partial charge in [-0.25, -0.2) is 18.1 Å². The van der Waals surface area contributed by atoms with Gasteiger partial charge in [-0.05, 0) is 22.0 Å². The minimum absolute atomic E-state index is 0.169. The van der Waals surface area contributed by atoms with Gasteiger partial charge < -0.3 is 4.74 Å². The monoisotopic (exact) mass is 304 g/mol. The van der Waals surface area contributed by atoms with Gasteiger partial charge in [0, 0.05) is 6.20 Å². The Morgan fingerprint density at radius 2 is 2.29 bits per heavy atom. The second-order valence-electron chi connectivity index (χ2n) is 3.23. The van der Waals surface area contributed by atoms with Crippen LogP contribution in [-0.4, -0.2) is 22.7 Å². The van der Waals surface area contributed by atoms with Crippen LogP contribution in [0.1, 0.15) is 22.3 Å². The smallest absolute Gasteiger partial charge is 0.339 e. The number of methoxy groups -OCH3 is 1. The summed E-state index contributed by atoms with van der Waals surface area (Å²) in [6, 6.07) is 1.45. The van der Waals surface area contributed by atoms with Gasteiger partial charge in [0.2, 0.25) is 0 Å². The number of pyridine rings is 1. The Bertz CT molecular complexity index is 583. The summed E-state index contributed by atoms with van der Waals surface area (Å²) in [6.07, 6.45) is -0.152. The highest BCUT2D eigenvalue weighted by Crippen LogP contribution is 2.31. The predicted molar refractivity (Wildman–Crippen MR) is 59.2 cm³/mol. The van der Waals surface area contributed by atoms with Crippen LogP contribution in [0.15, 0.2) is 22.9 Å². The average Bonchev–Trinajstić information content (AvgIpc) is 2.73. The summed E-state index contributed by atoms with van der Waals surface area (Å²) in [5.74, 6) is -0.596. The summed E-state index contributed by atoms with van der Waals surface area (Å²) in [4.78, 5) is 11.4. The first-order valence-electron chi connectivity index (χ1n) is 4.58. The van der Waals surface area contributed by atoms with Crippen LogP contribution in [0.5, 0.6) is 0 Å². The van der Waals surface area contributed by atoms with E-state index >= 15 is 0 Å². The molecule has 7 heteroatoms. The Morgan fingerprint density at radius 3 is 2.88 bits per heavy atom. The molecule has 0 aliphatic rings. The summed E-state index contributed by atoms with van der Waals surface area (Å²) in [5.41, 5.74) is 0.118. The molecule has 2 heterocycles. The highest BCUT2D eigenvalue weighted by Gasteiger charge is 2.20. The van der Waals surface area contributed by atoms with Gasteiger partial charge in [0.15, 0.2) is 0 Å². The fraction of sp³-hybridized carbons (Fsp3) is 0.200. The minimum atomic E-state index is -2.66. The molecule has 0 unspecified atom stereocenters.